The summed E-state index contributed by atoms with van der Waals surface area (Å²) in [6, 6.07) is 15.3. The summed E-state index contributed by atoms with van der Waals surface area (Å²) in [5, 5.41) is 9.52. The van der Waals surface area contributed by atoms with Crippen LogP contribution in [0.3, 0.4) is 0 Å². The third-order valence-corrected chi connectivity index (χ3v) is 6.53. The van der Waals surface area contributed by atoms with E-state index in [9.17, 15) is 5.11 Å². The molecule has 0 radical (unpaired) electrons. The van der Waals surface area contributed by atoms with Crippen molar-refractivity contribution >= 4 is 0 Å². The smallest absolute Gasteiger partial charge is 0.123 e. The van der Waals surface area contributed by atoms with Gasteiger partial charge in [-0.05, 0) is 85.4 Å². The zero-order valence-electron chi connectivity index (χ0n) is 21.2. The number of aliphatic hydroxyl groups is 1. The van der Waals surface area contributed by atoms with Crippen molar-refractivity contribution in [3.05, 3.63) is 81.5 Å². The number of pyridine rings is 1. The Labute approximate surface area is 199 Å². The molecular weight excluding hydrogens is 406 g/mol. The van der Waals surface area contributed by atoms with Crippen LogP contribution in [-0.4, -0.2) is 16.7 Å². The summed E-state index contributed by atoms with van der Waals surface area (Å²) in [6.07, 6.45) is 3.50. The maximum Gasteiger partial charge on any atom is 0.123 e. The molecule has 0 unspecified atom stereocenters. The van der Waals surface area contributed by atoms with Crippen LogP contribution in [-0.2, 0) is 25.9 Å². The van der Waals surface area contributed by atoms with Gasteiger partial charge in [0.2, 0.25) is 0 Å². The number of nitrogens with zero attached hydrogens (tertiary/aromatic N) is 1. The second-order valence-corrected chi connectivity index (χ2v) is 9.18. The number of aryl methyl sites for hydroxylation is 5. The van der Waals surface area contributed by atoms with E-state index in [-0.39, 0.29) is 6.61 Å². The average molecular weight is 446 g/mol. The molecule has 1 heterocycles. The molecule has 0 amide bonds. The normalized spacial score (nSPS) is 11.3. The Hall–Kier alpha value is -2.65. The van der Waals surface area contributed by atoms with Gasteiger partial charge in [0.05, 0.1) is 5.69 Å². The van der Waals surface area contributed by atoms with Crippen molar-refractivity contribution in [1.82, 2.24) is 4.98 Å². The van der Waals surface area contributed by atoms with Crippen molar-refractivity contribution in [3.63, 3.8) is 0 Å². The van der Waals surface area contributed by atoms with Crippen LogP contribution in [0, 0.1) is 13.8 Å². The minimum absolute atomic E-state index is 0.179. The SMILES string of the molecule is CCc1cccc(CC)c1-c1cc(CCCO)c(COc2cc(C(C)C)ccc2C)c(C)n1. The number of rotatable bonds is 10. The molecular formula is C30H39NO2. The first-order valence-electron chi connectivity index (χ1n) is 12.3. The topological polar surface area (TPSA) is 42.4 Å². The summed E-state index contributed by atoms with van der Waals surface area (Å²) in [4.78, 5) is 5.07. The summed E-state index contributed by atoms with van der Waals surface area (Å²) < 4.78 is 6.35. The molecule has 0 aliphatic rings. The van der Waals surface area contributed by atoms with E-state index in [2.05, 4.69) is 84.0 Å². The summed E-state index contributed by atoms with van der Waals surface area (Å²) in [7, 11) is 0. The Morgan fingerprint density at radius 3 is 2.24 bits per heavy atom. The molecule has 176 valence electrons. The van der Waals surface area contributed by atoms with Crippen LogP contribution in [0.25, 0.3) is 11.3 Å². The maximum absolute atomic E-state index is 9.52. The number of aliphatic hydroxyl groups excluding tert-OH is 1. The Morgan fingerprint density at radius 2 is 1.64 bits per heavy atom. The lowest BCUT2D eigenvalue weighted by Gasteiger charge is -2.19. The van der Waals surface area contributed by atoms with Gasteiger partial charge in [-0.2, -0.15) is 0 Å². The predicted molar refractivity (Wildman–Crippen MR) is 138 cm³/mol. The molecule has 0 bridgehead atoms. The van der Waals surface area contributed by atoms with Gasteiger partial charge >= 0.3 is 0 Å². The van der Waals surface area contributed by atoms with Crippen LogP contribution in [0.15, 0.2) is 42.5 Å². The van der Waals surface area contributed by atoms with E-state index in [1.165, 1.54) is 27.8 Å². The van der Waals surface area contributed by atoms with Gasteiger partial charge in [-0.3, -0.25) is 4.98 Å². The van der Waals surface area contributed by atoms with Gasteiger partial charge in [-0.25, -0.2) is 0 Å². The summed E-state index contributed by atoms with van der Waals surface area (Å²) in [6.45, 7) is 13.6. The fraction of sp³-hybridized carbons (Fsp3) is 0.433. The molecule has 0 saturated carbocycles. The highest BCUT2D eigenvalue weighted by molar-refractivity contribution is 5.69. The van der Waals surface area contributed by atoms with Crippen LogP contribution < -0.4 is 4.74 Å². The summed E-state index contributed by atoms with van der Waals surface area (Å²) in [5.41, 5.74) is 10.8. The van der Waals surface area contributed by atoms with Crippen molar-refractivity contribution in [3.8, 4) is 17.0 Å². The Morgan fingerprint density at radius 1 is 0.939 bits per heavy atom. The molecule has 3 nitrogen and oxygen atoms in total. The first-order chi connectivity index (χ1) is 15.9. The average Bonchev–Trinajstić information content (AvgIpc) is 2.81. The van der Waals surface area contributed by atoms with E-state index < -0.39 is 0 Å². The predicted octanol–water partition coefficient (Wildman–Crippen LogP) is 7.12. The lowest BCUT2D eigenvalue weighted by molar-refractivity contribution is 0.285. The summed E-state index contributed by atoms with van der Waals surface area (Å²) in [5.74, 6) is 1.39. The second kappa shape index (κ2) is 11.5. The molecule has 0 aliphatic heterocycles. The second-order valence-electron chi connectivity index (χ2n) is 9.18. The molecule has 3 rings (SSSR count). The standard InChI is InChI=1S/C30H39NO2/c1-7-23-11-9-12-24(8-2)30(23)28-17-26(13-10-16-32)27(22(6)31-28)19-33-29-18-25(20(3)4)15-14-21(29)5/h9,11-12,14-15,17-18,20,32H,7-8,10,13,16,19H2,1-6H3. The highest BCUT2D eigenvalue weighted by Crippen LogP contribution is 2.31. The number of ether oxygens (including phenoxy) is 1. The Kier molecular flexibility index (Phi) is 8.68. The van der Waals surface area contributed by atoms with Crippen molar-refractivity contribution < 1.29 is 9.84 Å². The number of hydrogen-bond acceptors (Lipinski definition) is 3. The van der Waals surface area contributed by atoms with Gasteiger partial charge in [0.25, 0.3) is 0 Å². The molecule has 0 spiro atoms. The van der Waals surface area contributed by atoms with Crippen LogP contribution in [0.4, 0.5) is 0 Å². The highest BCUT2D eigenvalue weighted by Gasteiger charge is 2.16. The van der Waals surface area contributed by atoms with Crippen LogP contribution in [0.2, 0.25) is 0 Å². The lowest BCUT2D eigenvalue weighted by Crippen LogP contribution is -2.08. The van der Waals surface area contributed by atoms with Crippen molar-refractivity contribution in [2.75, 3.05) is 6.61 Å². The molecule has 0 atom stereocenters. The number of aromatic nitrogens is 1. The minimum atomic E-state index is 0.179. The third kappa shape index (κ3) is 5.83. The maximum atomic E-state index is 9.52. The van der Waals surface area contributed by atoms with E-state index in [1.54, 1.807) is 0 Å². The Balaban J connectivity index is 2.01. The fourth-order valence-corrected chi connectivity index (χ4v) is 4.44. The van der Waals surface area contributed by atoms with Crippen LogP contribution >= 0.6 is 0 Å². The van der Waals surface area contributed by atoms with E-state index in [0.29, 0.717) is 12.5 Å². The van der Waals surface area contributed by atoms with Crippen molar-refractivity contribution in [2.45, 2.75) is 79.8 Å². The highest BCUT2D eigenvalue weighted by atomic mass is 16.5. The molecule has 33 heavy (non-hydrogen) atoms. The lowest BCUT2D eigenvalue weighted by atomic mass is 9.92. The Bertz CT molecular complexity index is 1060. The summed E-state index contributed by atoms with van der Waals surface area (Å²) >= 11 is 0. The minimum Gasteiger partial charge on any atom is -0.489 e. The molecule has 0 aliphatic carbocycles. The van der Waals surface area contributed by atoms with Crippen LogP contribution in [0.5, 0.6) is 5.75 Å². The van der Waals surface area contributed by atoms with Gasteiger partial charge in [-0.1, -0.05) is 58.0 Å². The molecule has 0 fully saturated rings. The molecule has 2 aromatic carbocycles. The van der Waals surface area contributed by atoms with Gasteiger partial charge in [0.15, 0.2) is 0 Å². The molecule has 1 aromatic heterocycles. The van der Waals surface area contributed by atoms with Crippen molar-refractivity contribution in [1.29, 1.82) is 0 Å². The molecule has 1 N–H and O–H groups in total. The van der Waals surface area contributed by atoms with E-state index in [1.807, 2.05) is 0 Å². The largest absolute Gasteiger partial charge is 0.489 e. The number of hydrogen-bond donors (Lipinski definition) is 1. The zero-order valence-corrected chi connectivity index (χ0v) is 21.2. The fourth-order valence-electron chi connectivity index (χ4n) is 4.44. The van der Waals surface area contributed by atoms with E-state index in [4.69, 9.17) is 9.72 Å². The first kappa shape index (κ1) is 25.0. The van der Waals surface area contributed by atoms with Crippen molar-refractivity contribution in [2.24, 2.45) is 0 Å². The first-order valence-corrected chi connectivity index (χ1v) is 12.3. The zero-order chi connectivity index (χ0) is 24.0. The van der Waals surface area contributed by atoms with Gasteiger partial charge in [0, 0.05) is 23.4 Å². The van der Waals surface area contributed by atoms with E-state index >= 15 is 0 Å². The third-order valence-electron chi connectivity index (χ3n) is 6.53. The van der Waals surface area contributed by atoms with Gasteiger partial charge < -0.3 is 9.84 Å². The van der Waals surface area contributed by atoms with Crippen LogP contribution in [0.1, 0.15) is 79.1 Å². The number of benzene rings is 2. The monoisotopic (exact) mass is 445 g/mol. The van der Waals surface area contributed by atoms with Gasteiger partial charge in [0.1, 0.15) is 12.4 Å². The van der Waals surface area contributed by atoms with Gasteiger partial charge in [-0.15, -0.1) is 0 Å². The molecule has 3 heteroatoms. The van der Waals surface area contributed by atoms with E-state index in [0.717, 1.165) is 53.9 Å². The molecule has 0 saturated heterocycles. The quantitative estimate of drug-likeness (QED) is 0.361. The molecule has 3 aromatic rings.